The molecule has 0 aromatic heterocycles. The largest absolute Gasteiger partial charge is 0.398 e. The van der Waals surface area contributed by atoms with Gasteiger partial charge in [0.1, 0.15) is 0 Å². The highest BCUT2D eigenvalue weighted by molar-refractivity contribution is 5.50. The summed E-state index contributed by atoms with van der Waals surface area (Å²) in [4.78, 5) is 2.23. The molecule has 4 rings (SSSR count). The minimum atomic E-state index is -4.55. The van der Waals surface area contributed by atoms with E-state index in [0.29, 0.717) is 12.0 Å². The van der Waals surface area contributed by atoms with Crippen LogP contribution in [0.15, 0.2) is 48.5 Å². The first-order valence-electron chi connectivity index (χ1n) is 11.9. The van der Waals surface area contributed by atoms with Gasteiger partial charge < -0.3 is 0 Å². The second-order valence-electron chi connectivity index (χ2n) is 10.0. The minimum Gasteiger partial charge on any atom is -0.299 e. The molecule has 0 radical (unpaired) electrons. The van der Waals surface area contributed by atoms with Crippen molar-refractivity contribution in [2.24, 2.45) is 0 Å². The Bertz CT molecular complexity index is 986. The molecule has 186 valence electrons. The molecular formula is C27H31F6N. The van der Waals surface area contributed by atoms with E-state index in [2.05, 4.69) is 24.0 Å². The van der Waals surface area contributed by atoms with Crippen molar-refractivity contribution in [3.8, 4) is 0 Å². The zero-order valence-corrected chi connectivity index (χ0v) is 19.6. The summed E-state index contributed by atoms with van der Waals surface area (Å²) >= 11 is 0. The average molecular weight is 484 g/mol. The van der Waals surface area contributed by atoms with Crippen molar-refractivity contribution in [2.45, 2.75) is 87.6 Å². The third-order valence-corrected chi connectivity index (χ3v) is 7.84. The molecule has 2 saturated carbocycles. The lowest BCUT2D eigenvalue weighted by atomic mass is 9.81. The number of alkyl halides is 6. The first kappa shape index (κ1) is 25.1. The van der Waals surface area contributed by atoms with Crippen molar-refractivity contribution in [1.82, 2.24) is 4.90 Å². The lowest BCUT2D eigenvalue weighted by Gasteiger charge is -2.30. The number of rotatable bonds is 9. The molecule has 2 fully saturated rings. The molecule has 0 heterocycles. The number of nitrogens with zero attached hydrogens (tertiary/aromatic N) is 1. The first-order valence-corrected chi connectivity index (χ1v) is 11.9. The van der Waals surface area contributed by atoms with Crippen molar-refractivity contribution >= 4 is 0 Å². The van der Waals surface area contributed by atoms with E-state index in [1.807, 2.05) is 25.2 Å². The quantitative estimate of drug-likeness (QED) is 0.330. The molecule has 1 atom stereocenters. The summed E-state index contributed by atoms with van der Waals surface area (Å²) in [5.41, 5.74) is -2.70. The average Bonchev–Trinajstić information content (AvgIpc) is 3.67. The van der Waals surface area contributed by atoms with E-state index in [0.717, 1.165) is 19.4 Å². The molecule has 0 saturated heterocycles. The highest BCUT2D eigenvalue weighted by Gasteiger charge is 2.70. The molecule has 2 aliphatic carbocycles. The predicted molar refractivity (Wildman–Crippen MR) is 121 cm³/mol. The predicted octanol–water partition coefficient (Wildman–Crippen LogP) is 7.72. The van der Waals surface area contributed by atoms with Gasteiger partial charge in [-0.1, -0.05) is 55.5 Å². The zero-order valence-electron chi connectivity index (χ0n) is 19.6. The Morgan fingerprint density at radius 2 is 1.35 bits per heavy atom. The van der Waals surface area contributed by atoms with Gasteiger partial charge >= 0.3 is 12.4 Å². The van der Waals surface area contributed by atoms with Crippen molar-refractivity contribution in [2.75, 3.05) is 7.05 Å². The van der Waals surface area contributed by atoms with Crippen molar-refractivity contribution < 1.29 is 26.3 Å². The van der Waals surface area contributed by atoms with Crippen LogP contribution in [0.4, 0.5) is 26.3 Å². The van der Waals surface area contributed by atoms with Gasteiger partial charge in [-0.2, -0.15) is 26.3 Å². The number of hydrogen-bond acceptors (Lipinski definition) is 1. The Morgan fingerprint density at radius 1 is 0.794 bits per heavy atom. The third kappa shape index (κ3) is 4.60. The molecule has 2 aliphatic rings. The molecule has 0 bridgehead atoms. The molecular weight excluding hydrogens is 452 g/mol. The van der Waals surface area contributed by atoms with Crippen LogP contribution in [0.1, 0.15) is 67.7 Å². The molecule has 0 amide bonds. The monoisotopic (exact) mass is 483 g/mol. The van der Waals surface area contributed by atoms with Crippen LogP contribution in [-0.4, -0.2) is 30.3 Å². The summed E-state index contributed by atoms with van der Waals surface area (Å²) in [6.07, 6.45) is -7.53. The summed E-state index contributed by atoms with van der Waals surface area (Å²) in [7, 11) is 2.03. The van der Waals surface area contributed by atoms with Crippen molar-refractivity contribution in [3.05, 3.63) is 70.8 Å². The van der Waals surface area contributed by atoms with Crippen LogP contribution in [-0.2, 0) is 23.8 Å². The SMILES string of the molecule is CCC(CCc1ccc(C2(C(F)(F)F)CC2)c(C2(C(F)(F)F)CC2)c1)N(C)Cc1ccccc1. The van der Waals surface area contributed by atoms with E-state index >= 15 is 0 Å². The molecule has 0 N–H and O–H groups in total. The molecule has 2 aromatic carbocycles. The van der Waals surface area contributed by atoms with E-state index in [1.54, 1.807) is 6.07 Å². The summed E-state index contributed by atoms with van der Waals surface area (Å²) < 4.78 is 83.5. The maximum Gasteiger partial charge on any atom is 0.398 e. The lowest BCUT2D eigenvalue weighted by molar-refractivity contribution is -0.167. The van der Waals surface area contributed by atoms with E-state index in [-0.39, 0.29) is 42.9 Å². The topological polar surface area (TPSA) is 3.24 Å². The van der Waals surface area contributed by atoms with E-state index in [1.165, 1.54) is 17.7 Å². The van der Waals surface area contributed by atoms with E-state index in [9.17, 15) is 26.3 Å². The van der Waals surface area contributed by atoms with Crippen molar-refractivity contribution in [3.63, 3.8) is 0 Å². The molecule has 0 aliphatic heterocycles. The Morgan fingerprint density at radius 3 is 1.85 bits per heavy atom. The summed E-state index contributed by atoms with van der Waals surface area (Å²) in [5, 5.41) is 0. The van der Waals surface area contributed by atoms with Gasteiger partial charge in [0.2, 0.25) is 0 Å². The van der Waals surface area contributed by atoms with Gasteiger partial charge in [-0.05, 0) is 74.2 Å². The second-order valence-corrected chi connectivity index (χ2v) is 10.0. The standard InChI is InChI=1S/C27H31F6N/c1-3-21(34(2)18-20-7-5-4-6-8-20)11-9-19-10-12-22(24(13-14-24)26(28,29)30)23(17-19)25(15-16-25)27(31,32)33/h4-8,10,12,17,21H,3,9,11,13-16,18H2,1-2H3. The smallest absolute Gasteiger partial charge is 0.299 e. The Balaban J connectivity index is 1.57. The van der Waals surface area contributed by atoms with Crippen LogP contribution in [0.2, 0.25) is 0 Å². The zero-order chi connectivity index (χ0) is 24.8. The lowest BCUT2D eigenvalue weighted by Crippen LogP contribution is -2.35. The van der Waals surface area contributed by atoms with Gasteiger partial charge in [-0.3, -0.25) is 4.90 Å². The molecule has 2 aromatic rings. The van der Waals surface area contributed by atoms with Gasteiger partial charge in [0.05, 0.1) is 10.8 Å². The fraction of sp³-hybridized carbons (Fsp3) is 0.556. The van der Waals surface area contributed by atoms with Crippen LogP contribution in [0.25, 0.3) is 0 Å². The number of hydrogen-bond donors (Lipinski definition) is 0. The van der Waals surface area contributed by atoms with Crippen LogP contribution in [0, 0.1) is 0 Å². The van der Waals surface area contributed by atoms with Gasteiger partial charge in [-0.15, -0.1) is 0 Å². The normalized spacial score (nSPS) is 19.8. The van der Waals surface area contributed by atoms with Gasteiger partial charge in [0.25, 0.3) is 0 Å². The van der Waals surface area contributed by atoms with E-state index < -0.39 is 23.2 Å². The number of benzene rings is 2. The third-order valence-electron chi connectivity index (χ3n) is 7.84. The highest BCUT2D eigenvalue weighted by Crippen LogP contribution is 2.66. The fourth-order valence-corrected chi connectivity index (χ4v) is 5.29. The van der Waals surface area contributed by atoms with Gasteiger partial charge in [0, 0.05) is 12.6 Å². The summed E-state index contributed by atoms with van der Waals surface area (Å²) in [6, 6.07) is 14.6. The fourth-order valence-electron chi connectivity index (χ4n) is 5.29. The van der Waals surface area contributed by atoms with Gasteiger partial charge in [-0.25, -0.2) is 0 Å². The van der Waals surface area contributed by atoms with Crippen LogP contribution in [0.5, 0.6) is 0 Å². The Labute approximate surface area is 197 Å². The first-order chi connectivity index (χ1) is 15.9. The van der Waals surface area contributed by atoms with Crippen molar-refractivity contribution in [1.29, 1.82) is 0 Å². The minimum absolute atomic E-state index is 0.140. The number of aryl methyl sites for hydroxylation is 1. The summed E-state index contributed by atoms with van der Waals surface area (Å²) in [6.45, 7) is 2.83. The Hall–Kier alpha value is -2.02. The van der Waals surface area contributed by atoms with Gasteiger partial charge in [0.15, 0.2) is 0 Å². The summed E-state index contributed by atoms with van der Waals surface area (Å²) in [5.74, 6) is 0. The molecule has 7 heteroatoms. The maximum atomic E-state index is 14.0. The molecule has 1 nitrogen and oxygen atoms in total. The molecule has 34 heavy (non-hydrogen) atoms. The second kappa shape index (κ2) is 8.89. The van der Waals surface area contributed by atoms with Crippen LogP contribution < -0.4 is 0 Å². The molecule has 1 unspecified atom stereocenters. The van der Waals surface area contributed by atoms with Crippen LogP contribution >= 0.6 is 0 Å². The van der Waals surface area contributed by atoms with E-state index in [4.69, 9.17) is 0 Å². The van der Waals surface area contributed by atoms with Crippen LogP contribution in [0.3, 0.4) is 0 Å². The maximum absolute atomic E-state index is 14.0. The Kier molecular flexibility index (Phi) is 6.56. The number of halogens is 6. The highest BCUT2D eigenvalue weighted by atomic mass is 19.4. The molecule has 0 spiro atoms.